The Balaban J connectivity index is 3.39. The fourth-order valence-corrected chi connectivity index (χ4v) is 1.59. The maximum atomic E-state index is 12.4. The number of hydrogen-bond donors (Lipinski definition) is 1. The van der Waals surface area contributed by atoms with Gasteiger partial charge in [-0.1, -0.05) is 15.9 Å². The average molecular weight is 282 g/mol. The third-order valence-corrected chi connectivity index (χ3v) is 2.33. The molecule has 0 saturated heterocycles. The first-order chi connectivity index (χ1) is 6.99. The lowest BCUT2D eigenvalue weighted by Crippen LogP contribution is -2.05. The second-order valence-electron chi connectivity index (χ2n) is 2.62. The Morgan fingerprint density at radius 3 is 2.67 bits per heavy atom. The Bertz CT molecular complexity index is 400. The molecule has 8 heteroatoms. The largest absolute Gasteiger partial charge is 0.398 e. The van der Waals surface area contributed by atoms with Crippen LogP contribution in [0.3, 0.4) is 0 Å². The molecule has 0 radical (unpaired) electrons. The van der Waals surface area contributed by atoms with E-state index in [0.717, 1.165) is 6.20 Å². The van der Waals surface area contributed by atoms with Crippen molar-refractivity contribution in [3.8, 4) is 0 Å². The fraction of sp³-hybridized carbons (Fsp3) is 0.286. The fourth-order valence-electron chi connectivity index (χ4n) is 1.04. The SMILES string of the molecule is Nc1c(C(F)F)cnc([N+](=O)[O-])c1CBr. The van der Waals surface area contributed by atoms with E-state index in [2.05, 4.69) is 20.9 Å². The normalized spacial score (nSPS) is 10.7. The van der Waals surface area contributed by atoms with Crippen molar-refractivity contribution < 1.29 is 13.7 Å². The van der Waals surface area contributed by atoms with Gasteiger partial charge in [-0.3, -0.25) is 0 Å². The van der Waals surface area contributed by atoms with Gasteiger partial charge in [-0.25, -0.2) is 8.78 Å². The van der Waals surface area contributed by atoms with Crippen molar-refractivity contribution in [3.05, 3.63) is 27.4 Å². The number of hydrogen-bond acceptors (Lipinski definition) is 4. The molecular weight excluding hydrogens is 276 g/mol. The molecule has 0 spiro atoms. The minimum Gasteiger partial charge on any atom is -0.398 e. The van der Waals surface area contributed by atoms with E-state index in [1.54, 1.807) is 0 Å². The minimum absolute atomic E-state index is 0.00269. The molecule has 1 rings (SSSR count). The van der Waals surface area contributed by atoms with Crippen LogP contribution in [0.15, 0.2) is 6.20 Å². The molecular formula is C7H6BrF2N3O2. The van der Waals surface area contributed by atoms with Gasteiger partial charge in [0, 0.05) is 5.33 Å². The van der Waals surface area contributed by atoms with Crippen LogP contribution in [0.25, 0.3) is 0 Å². The van der Waals surface area contributed by atoms with Crippen molar-refractivity contribution in [1.82, 2.24) is 4.98 Å². The van der Waals surface area contributed by atoms with Gasteiger partial charge < -0.3 is 15.8 Å². The van der Waals surface area contributed by atoms with Crippen LogP contribution in [0.5, 0.6) is 0 Å². The van der Waals surface area contributed by atoms with Crippen molar-refractivity contribution in [2.45, 2.75) is 11.8 Å². The van der Waals surface area contributed by atoms with Gasteiger partial charge in [-0.15, -0.1) is 0 Å². The summed E-state index contributed by atoms with van der Waals surface area (Å²) in [6, 6.07) is 0. The van der Waals surface area contributed by atoms with Crippen LogP contribution in [0.4, 0.5) is 20.3 Å². The van der Waals surface area contributed by atoms with Gasteiger partial charge in [0.1, 0.15) is 0 Å². The van der Waals surface area contributed by atoms with Crippen LogP contribution in [-0.4, -0.2) is 9.91 Å². The van der Waals surface area contributed by atoms with E-state index in [0.29, 0.717) is 0 Å². The first kappa shape index (κ1) is 11.8. The van der Waals surface area contributed by atoms with E-state index in [9.17, 15) is 18.9 Å². The van der Waals surface area contributed by atoms with Crippen LogP contribution in [0, 0.1) is 10.1 Å². The zero-order chi connectivity index (χ0) is 11.6. The highest BCUT2D eigenvalue weighted by molar-refractivity contribution is 9.08. The second-order valence-corrected chi connectivity index (χ2v) is 3.18. The van der Waals surface area contributed by atoms with Crippen LogP contribution >= 0.6 is 15.9 Å². The molecule has 5 nitrogen and oxygen atoms in total. The summed E-state index contributed by atoms with van der Waals surface area (Å²) in [5.74, 6) is -0.506. The molecule has 0 bridgehead atoms. The number of nitrogens with two attached hydrogens (primary N) is 1. The zero-order valence-corrected chi connectivity index (χ0v) is 8.87. The Hall–Kier alpha value is -1.31. The monoisotopic (exact) mass is 281 g/mol. The van der Waals surface area contributed by atoms with Crippen molar-refractivity contribution in [2.24, 2.45) is 0 Å². The van der Waals surface area contributed by atoms with Crippen LogP contribution in [0.2, 0.25) is 0 Å². The highest BCUT2D eigenvalue weighted by Gasteiger charge is 2.24. The van der Waals surface area contributed by atoms with Crippen molar-refractivity contribution in [1.29, 1.82) is 0 Å². The van der Waals surface area contributed by atoms with Gasteiger partial charge in [0.15, 0.2) is 6.20 Å². The summed E-state index contributed by atoms with van der Waals surface area (Å²) >= 11 is 2.94. The summed E-state index contributed by atoms with van der Waals surface area (Å²) in [5, 5.41) is 10.5. The molecule has 0 saturated carbocycles. The van der Waals surface area contributed by atoms with E-state index in [4.69, 9.17) is 5.73 Å². The summed E-state index contributed by atoms with van der Waals surface area (Å²) in [5.41, 5.74) is 4.57. The Kier molecular flexibility index (Phi) is 3.51. The van der Waals surface area contributed by atoms with Crippen LogP contribution in [0.1, 0.15) is 17.6 Å². The molecule has 1 heterocycles. The van der Waals surface area contributed by atoms with Crippen molar-refractivity contribution in [2.75, 3.05) is 5.73 Å². The Morgan fingerprint density at radius 2 is 2.27 bits per heavy atom. The molecule has 0 aliphatic heterocycles. The van der Waals surface area contributed by atoms with Gasteiger partial charge >= 0.3 is 5.82 Å². The molecule has 2 N–H and O–H groups in total. The highest BCUT2D eigenvalue weighted by Crippen LogP contribution is 2.32. The number of halogens is 3. The molecule has 15 heavy (non-hydrogen) atoms. The Morgan fingerprint density at radius 1 is 1.67 bits per heavy atom. The van der Waals surface area contributed by atoms with E-state index in [1.165, 1.54) is 0 Å². The number of rotatable bonds is 3. The van der Waals surface area contributed by atoms with Crippen molar-refractivity contribution in [3.63, 3.8) is 0 Å². The first-order valence-corrected chi connectivity index (χ1v) is 4.87. The van der Waals surface area contributed by atoms with Gasteiger partial charge in [-0.05, 0) is 9.91 Å². The molecule has 0 fully saturated rings. The molecule has 0 amide bonds. The predicted octanol–water partition coefficient (Wildman–Crippen LogP) is 2.40. The standard InChI is InChI=1S/C7H6BrF2N3O2/c8-1-3-5(11)4(6(9)10)2-12-7(3)13(14)15/h2,6H,1H2,(H2,11,12). The lowest BCUT2D eigenvalue weighted by Gasteiger charge is -2.06. The average Bonchev–Trinajstić information content (AvgIpc) is 2.16. The van der Waals surface area contributed by atoms with Gasteiger partial charge in [-0.2, -0.15) is 0 Å². The maximum Gasteiger partial charge on any atom is 0.369 e. The summed E-state index contributed by atoms with van der Waals surface area (Å²) in [6.45, 7) is 0. The second kappa shape index (κ2) is 4.47. The van der Waals surface area contributed by atoms with Gasteiger partial charge in [0.25, 0.3) is 6.43 Å². The lowest BCUT2D eigenvalue weighted by molar-refractivity contribution is -0.390. The first-order valence-electron chi connectivity index (χ1n) is 3.74. The number of nitro groups is 1. The molecule has 0 aliphatic rings. The quantitative estimate of drug-likeness (QED) is 0.524. The number of alkyl halides is 3. The molecule has 0 unspecified atom stereocenters. The molecule has 0 aromatic carbocycles. The topological polar surface area (TPSA) is 82.0 Å². The molecule has 1 aromatic heterocycles. The van der Waals surface area contributed by atoms with E-state index in [1.807, 2.05) is 0 Å². The molecule has 0 aliphatic carbocycles. The number of anilines is 1. The van der Waals surface area contributed by atoms with Gasteiger partial charge in [0.2, 0.25) is 0 Å². The summed E-state index contributed by atoms with van der Waals surface area (Å²) in [7, 11) is 0. The third kappa shape index (κ3) is 2.20. The van der Waals surface area contributed by atoms with E-state index in [-0.39, 0.29) is 16.6 Å². The number of pyridine rings is 1. The summed E-state index contributed by atoms with van der Waals surface area (Å²) in [6.07, 6.45) is -2.07. The molecule has 1 aromatic rings. The highest BCUT2D eigenvalue weighted by atomic mass is 79.9. The lowest BCUT2D eigenvalue weighted by atomic mass is 10.1. The van der Waals surface area contributed by atoms with E-state index < -0.39 is 22.7 Å². The molecule has 82 valence electrons. The minimum atomic E-state index is -2.80. The third-order valence-electron chi connectivity index (χ3n) is 1.77. The molecule has 0 atom stereocenters. The number of nitrogens with zero attached hydrogens (tertiary/aromatic N) is 2. The Labute approximate surface area is 91.6 Å². The number of nitrogen functional groups attached to an aromatic ring is 1. The van der Waals surface area contributed by atoms with Crippen LogP contribution in [-0.2, 0) is 5.33 Å². The van der Waals surface area contributed by atoms with Gasteiger partial charge in [0.05, 0.1) is 16.8 Å². The van der Waals surface area contributed by atoms with E-state index >= 15 is 0 Å². The summed E-state index contributed by atoms with van der Waals surface area (Å²) in [4.78, 5) is 13.1. The smallest absolute Gasteiger partial charge is 0.369 e. The zero-order valence-electron chi connectivity index (χ0n) is 7.28. The number of aromatic nitrogens is 1. The summed E-state index contributed by atoms with van der Waals surface area (Å²) < 4.78 is 24.7. The van der Waals surface area contributed by atoms with Crippen molar-refractivity contribution >= 4 is 27.4 Å². The predicted molar refractivity (Wildman–Crippen MR) is 52.9 cm³/mol. The van der Waals surface area contributed by atoms with Crippen LogP contribution < -0.4 is 5.73 Å². The maximum absolute atomic E-state index is 12.4.